The van der Waals surface area contributed by atoms with E-state index in [9.17, 15) is 5.26 Å². The molecule has 0 aliphatic carbocycles. The third-order valence-electron chi connectivity index (χ3n) is 16.9. The molecule has 7 heteroatoms. The van der Waals surface area contributed by atoms with Crippen LogP contribution in [0.15, 0.2) is 225 Å². The molecule has 0 N–H and O–H groups in total. The summed E-state index contributed by atoms with van der Waals surface area (Å²) >= 11 is 0. The normalized spacial score (nSPS) is 12.4. The Bertz CT molecular complexity index is 5070. The van der Waals surface area contributed by atoms with Gasteiger partial charge in [-0.15, -0.1) is 0 Å². The maximum Gasteiger partial charge on any atom is 0.146 e. The van der Waals surface area contributed by atoms with Crippen LogP contribution >= 0.6 is 0 Å². The Morgan fingerprint density at radius 1 is 0.312 bits per heavy atom. The van der Waals surface area contributed by atoms with Crippen LogP contribution in [0.2, 0.25) is 0 Å². The summed E-state index contributed by atoms with van der Waals surface area (Å²) in [5, 5.41) is 32.0. The molecule has 6 heterocycles. The van der Waals surface area contributed by atoms with Crippen molar-refractivity contribution in [1.82, 2.24) is 28.7 Å². The van der Waals surface area contributed by atoms with Gasteiger partial charge in [0, 0.05) is 84.4 Å². The molecule has 0 atom stereocenters. The summed E-state index contributed by atoms with van der Waals surface area (Å²) < 4.78 is 7.26. The van der Waals surface area contributed by atoms with Crippen molar-refractivity contribution in [2.45, 2.75) is 0 Å². The number of benzene rings is 12. The summed E-state index contributed by atoms with van der Waals surface area (Å²) in [6.45, 7) is 0. The second-order valence-corrected chi connectivity index (χ2v) is 20.4. The fraction of sp³-hybridized carbons (Fsp3) is 0. The van der Waals surface area contributed by atoms with Crippen LogP contribution in [0.1, 0.15) is 5.56 Å². The highest BCUT2D eigenvalue weighted by Gasteiger charge is 2.35. The number of hydrogen-bond acceptors (Lipinski definition) is 4. The molecule has 18 aromatic rings. The minimum Gasteiger partial charge on any atom is -0.307 e. The van der Waals surface area contributed by atoms with Gasteiger partial charge in [0.2, 0.25) is 0 Å². The van der Waals surface area contributed by atoms with Crippen LogP contribution < -0.4 is 0 Å². The standard InChI is InChI=1S/C70H37N7/c71-37-51-67(75-53-27-9-22-45-43-32-35-72-38-52(43)47-24-12-29-55(75)62(47)60(45)53)58(39-15-3-1-4-16-39)69(77-57-31-10-21-44-41-19-7-8-20-42(41)48-33-36-74-70(77)65(48)63(44)57)59(40-17-5-2-6-18-40)68(51)76-54-28-11-23-46-49-26-14-34-73-66(49)50-25-13-30-56(76)64(50)61(46)54/h1-36,38H. The molecule has 7 nitrogen and oxygen atoms in total. The van der Waals surface area contributed by atoms with Gasteiger partial charge < -0.3 is 9.13 Å². The van der Waals surface area contributed by atoms with E-state index in [-0.39, 0.29) is 0 Å². The average molecular weight is 976 g/mol. The Kier molecular flexibility index (Phi) is 7.81. The third kappa shape index (κ3) is 5.02. The van der Waals surface area contributed by atoms with Gasteiger partial charge in [-0.25, -0.2) is 4.98 Å². The van der Waals surface area contributed by atoms with Crippen molar-refractivity contribution in [2.24, 2.45) is 0 Å². The first-order chi connectivity index (χ1) is 38.3. The number of rotatable bonds is 5. The van der Waals surface area contributed by atoms with Crippen LogP contribution in [0.25, 0.3) is 170 Å². The predicted octanol–water partition coefficient (Wildman–Crippen LogP) is 17.6. The number of pyridine rings is 3. The zero-order valence-corrected chi connectivity index (χ0v) is 41.0. The third-order valence-corrected chi connectivity index (χ3v) is 16.9. The van der Waals surface area contributed by atoms with E-state index >= 15 is 0 Å². The molecule has 352 valence electrons. The fourth-order valence-corrected chi connectivity index (χ4v) is 14.1. The van der Waals surface area contributed by atoms with E-state index in [2.05, 4.69) is 219 Å². The minimum absolute atomic E-state index is 0.538. The lowest BCUT2D eigenvalue weighted by Crippen LogP contribution is -2.13. The molecule has 18 rings (SSSR count). The Morgan fingerprint density at radius 2 is 0.740 bits per heavy atom. The van der Waals surface area contributed by atoms with E-state index in [4.69, 9.17) is 9.97 Å². The second kappa shape index (κ2) is 14.8. The second-order valence-electron chi connectivity index (χ2n) is 20.4. The van der Waals surface area contributed by atoms with Crippen molar-refractivity contribution in [2.75, 3.05) is 0 Å². The quantitative estimate of drug-likeness (QED) is 0.161. The highest BCUT2D eigenvalue weighted by Crippen LogP contribution is 2.55. The summed E-state index contributed by atoms with van der Waals surface area (Å²) in [5.74, 6) is 0. The molecule has 0 bridgehead atoms. The van der Waals surface area contributed by atoms with Crippen molar-refractivity contribution in [3.8, 4) is 45.4 Å². The van der Waals surface area contributed by atoms with Gasteiger partial charge in [0.15, 0.2) is 0 Å². The zero-order valence-electron chi connectivity index (χ0n) is 41.0. The molecule has 0 spiro atoms. The first-order valence-corrected chi connectivity index (χ1v) is 26.1. The number of nitrogens with zero attached hydrogens (tertiary/aromatic N) is 7. The van der Waals surface area contributed by atoms with Crippen LogP contribution in [0.4, 0.5) is 0 Å². The van der Waals surface area contributed by atoms with Crippen molar-refractivity contribution in [1.29, 1.82) is 5.26 Å². The molecule has 0 saturated heterocycles. The van der Waals surface area contributed by atoms with E-state index in [0.29, 0.717) is 5.56 Å². The molecule has 0 radical (unpaired) electrons. The minimum atomic E-state index is 0.538. The van der Waals surface area contributed by atoms with Gasteiger partial charge in [-0.2, -0.15) is 5.26 Å². The van der Waals surface area contributed by atoms with Crippen molar-refractivity contribution >= 4 is 130 Å². The summed E-state index contributed by atoms with van der Waals surface area (Å²) in [6.07, 6.45) is 7.75. The average Bonchev–Trinajstić information content (AvgIpc) is 4.32. The maximum absolute atomic E-state index is 12.8. The van der Waals surface area contributed by atoms with Crippen LogP contribution in [-0.4, -0.2) is 28.7 Å². The van der Waals surface area contributed by atoms with Gasteiger partial charge in [0.25, 0.3) is 0 Å². The van der Waals surface area contributed by atoms with Crippen LogP contribution in [-0.2, 0) is 0 Å². The van der Waals surface area contributed by atoms with Crippen molar-refractivity contribution < 1.29 is 0 Å². The molecule has 0 aliphatic rings. The summed E-state index contributed by atoms with van der Waals surface area (Å²) in [6, 6.07) is 75.0. The van der Waals surface area contributed by atoms with Gasteiger partial charge >= 0.3 is 0 Å². The fourth-order valence-electron chi connectivity index (χ4n) is 14.1. The highest BCUT2D eigenvalue weighted by molar-refractivity contribution is 6.37. The van der Waals surface area contributed by atoms with Crippen LogP contribution in [0, 0.1) is 11.3 Å². The molecule has 6 aromatic heterocycles. The van der Waals surface area contributed by atoms with Gasteiger partial charge in [-0.05, 0) is 103 Å². The number of fused-ring (bicyclic) bond motifs is 9. The predicted molar refractivity (Wildman–Crippen MR) is 317 cm³/mol. The lowest BCUT2D eigenvalue weighted by atomic mass is 9.88. The Morgan fingerprint density at radius 3 is 1.31 bits per heavy atom. The lowest BCUT2D eigenvalue weighted by molar-refractivity contribution is 1.08. The maximum atomic E-state index is 12.8. The lowest BCUT2D eigenvalue weighted by Gasteiger charge is -2.28. The highest BCUT2D eigenvalue weighted by atomic mass is 15.1. The van der Waals surface area contributed by atoms with Gasteiger partial charge in [-0.3, -0.25) is 14.5 Å². The molecular formula is C70H37N7. The van der Waals surface area contributed by atoms with Gasteiger partial charge in [-0.1, -0.05) is 152 Å². The van der Waals surface area contributed by atoms with E-state index in [1.54, 1.807) is 0 Å². The van der Waals surface area contributed by atoms with E-state index < -0.39 is 0 Å². The molecule has 0 saturated carbocycles. The van der Waals surface area contributed by atoms with E-state index in [1.807, 2.05) is 30.9 Å². The van der Waals surface area contributed by atoms with Gasteiger partial charge in [0.05, 0.1) is 50.2 Å². The van der Waals surface area contributed by atoms with Gasteiger partial charge in [0.1, 0.15) is 17.3 Å². The molecule has 0 amide bonds. The Labute approximate surface area is 438 Å². The van der Waals surface area contributed by atoms with Crippen molar-refractivity contribution in [3.63, 3.8) is 0 Å². The van der Waals surface area contributed by atoms with Crippen molar-refractivity contribution in [3.05, 3.63) is 231 Å². The Balaban J connectivity index is 1.17. The molecule has 0 fully saturated rings. The topological polar surface area (TPSA) is 77.2 Å². The van der Waals surface area contributed by atoms with E-state index in [0.717, 1.165) is 153 Å². The molecule has 12 aromatic carbocycles. The largest absolute Gasteiger partial charge is 0.307 e. The summed E-state index contributed by atoms with van der Waals surface area (Å²) in [5.41, 5.74) is 13.6. The monoisotopic (exact) mass is 975 g/mol. The molecule has 0 aliphatic heterocycles. The molecular weight excluding hydrogens is 939 g/mol. The summed E-state index contributed by atoms with van der Waals surface area (Å²) in [4.78, 5) is 15.2. The van der Waals surface area contributed by atoms with E-state index in [1.165, 1.54) is 16.2 Å². The smallest absolute Gasteiger partial charge is 0.146 e. The zero-order chi connectivity index (χ0) is 50.2. The SMILES string of the molecule is N#Cc1c(-n2c3cccc4c5ccncc5c5cccc2c5c43)c(-c2ccccc2)c(-n2c3cccc4c5ccccc5c5ccnc2c5c43)c(-c2ccccc2)c1-n1c2cccc3c4cccnc4c4cccc1c4c32. The first-order valence-electron chi connectivity index (χ1n) is 26.1. The Hall–Kier alpha value is -10.7. The first kappa shape index (κ1) is 40.8. The van der Waals surface area contributed by atoms with Crippen LogP contribution in [0.5, 0.6) is 0 Å². The number of aromatic nitrogens is 6. The molecule has 0 unspecified atom stereocenters. The number of nitriles is 1. The summed E-state index contributed by atoms with van der Waals surface area (Å²) in [7, 11) is 0. The number of hydrogen-bond donors (Lipinski definition) is 0. The molecule has 77 heavy (non-hydrogen) atoms. The van der Waals surface area contributed by atoms with Crippen LogP contribution in [0.3, 0.4) is 0 Å².